The van der Waals surface area contributed by atoms with Gasteiger partial charge in [-0.05, 0) is 30.3 Å². The Kier molecular flexibility index (Phi) is 5.11. The highest BCUT2D eigenvalue weighted by Gasteiger charge is 2.09. The molecule has 0 aliphatic rings. The SMILES string of the molecule is COc1ccc(NC(=O)c2cnc(Nc3ccccc3)nc2)cc1Cl. The number of halogens is 1. The van der Waals surface area contributed by atoms with Crippen LogP contribution in [0.4, 0.5) is 17.3 Å². The third kappa shape index (κ3) is 4.24. The highest BCUT2D eigenvalue weighted by molar-refractivity contribution is 6.32. The van der Waals surface area contributed by atoms with E-state index in [1.54, 1.807) is 18.2 Å². The van der Waals surface area contributed by atoms with Gasteiger partial charge in [0.1, 0.15) is 5.75 Å². The van der Waals surface area contributed by atoms with E-state index in [1.165, 1.54) is 19.5 Å². The second kappa shape index (κ2) is 7.63. The van der Waals surface area contributed by atoms with Gasteiger partial charge < -0.3 is 15.4 Å². The van der Waals surface area contributed by atoms with Gasteiger partial charge in [0.15, 0.2) is 0 Å². The third-order valence-corrected chi connectivity index (χ3v) is 3.65. The van der Waals surface area contributed by atoms with Crippen molar-refractivity contribution in [1.29, 1.82) is 0 Å². The van der Waals surface area contributed by atoms with Crippen molar-refractivity contribution in [2.75, 3.05) is 17.7 Å². The molecule has 6 nitrogen and oxygen atoms in total. The fraction of sp³-hybridized carbons (Fsp3) is 0.0556. The zero-order valence-electron chi connectivity index (χ0n) is 13.4. The molecular weight excluding hydrogens is 340 g/mol. The number of nitrogens with one attached hydrogen (secondary N) is 2. The summed E-state index contributed by atoms with van der Waals surface area (Å²) in [7, 11) is 1.53. The lowest BCUT2D eigenvalue weighted by Gasteiger charge is -2.08. The summed E-state index contributed by atoms with van der Waals surface area (Å²) in [6.07, 6.45) is 2.91. The normalized spacial score (nSPS) is 10.2. The van der Waals surface area contributed by atoms with E-state index in [9.17, 15) is 4.79 Å². The number of para-hydroxylation sites is 1. The monoisotopic (exact) mass is 354 g/mol. The first-order valence-electron chi connectivity index (χ1n) is 7.45. The summed E-state index contributed by atoms with van der Waals surface area (Å²) in [4.78, 5) is 20.6. The van der Waals surface area contributed by atoms with Crippen LogP contribution in [0.2, 0.25) is 5.02 Å². The van der Waals surface area contributed by atoms with Crippen molar-refractivity contribution in [3.05, 3.63) is 71.5 Å². The van der Waals surface area contributed by atoms with Crippen molar-refractivity contribution in [1.82, 2.24) is 9.97 Å². The number of hydrogen-bond acceptors (Lipinski definition) is 5. The topological polar surface area (TPSA) is 76.1 Å². The molecule has 0 spiro atoms. The molecule has 0 bridgehead atoms. The lowest BCUT2D eigenvalue weighted by molar-refractivity contribution is 0.102. The summed E-state index contributed by atoms with van der Waals surface area (Å²) in [5.41, 5.74) is 1.76. The maximum Gasteiger partial charge on any atom is 0.258 e. The standard InChI is InChI=1S/C18H15ClN4O2/c1-25-16-8-7-14(9-15(16)19)22-17(24)12-10-20-18(21-11-12)23-13-5-3-2-4-6-13/h2-11H,1H3,(H,22,24)(H,20,21,23). The molecule has 0 atom stereocenters. The maximum atomic E-state index is 12.3. The van der Waals surface area contributed by atoms with Crippen LogP contribution >= 0.6 is 11.6 Å². The fourth-order valence-electron chi connectivity index (χ4n) is 2.11. The summed E-state index contributed by atoms with van der Waals surface area (Å²) in [6.45, 7) is 0. The summed E-state index contributed by atoms with van der Waals surface area (Å²) in [5.74, 6) is 0.627. The molecule has 3 rings (SSSR count). The number of amides is 1. The van der Waals surface area contributed by atoms with Gasteiger partial charge in [0.2, 0.25) is 5.95 Å². The Balaban J connectivity index is 1.67. The molecule has 126 valence electrons. The minimum atomic E-state index is -0.326. The lowest BCUT2D eigenvalue weighted by Crippen LogP contribution is -2.13. The summed E-state index contributed by atoms with van der Waals surface area (Å²) >= 11 is 6.05. The number of nitrogens with zero attached hydrogens (tertiary/aromatic N) is 2. The predicted molar refractivity (Wildman–Crippen MR) is 97.7 cm³/mol. The number of carbonyl (C=O) groups is 1. The van der Waals surface area contributed by atoms with Crippen LogP contribution in [0.15, 0.2) is 60.9 Å². The quantitative estimate of drug-likeness (QED) is 0.720. The third-order valence-electron chi connectivity index (χ3n) is 3.35. The lowest BCUT2D eigenvalue weighted by atomic mass is 10.2. The van der Waals surface area contributed by atoms with Crippen molar-refractivity contribution in [2.24, 2.45) is 0 Å². The van der Waals surface area contributed by atoms with E-state index in [1.807, 2.05) is 30.3 Å². The van der Waals surface area contributed by atoms with E-state index in [0.29, 0.717) is 28.0 Å². The molecule has 0 aliphatic heterocycles. The first-order chi connectivity index (χ1) is 12.2. The second-order valence-electron chi connectivity index (χ2n) is 5.09. The number of benzene rings is 2. The molecule has 0 fully saturated rings. The largest absolute Gasteiger partial charge is 0.495 e. The smallest absolute Gasteiger partial charge is 0.258 e. The van der Waals surface area contributed by atoms with Crippen LogP contribution in [0.5, 0.6) is 5.75 Å². The molecule has 1 amide bonds. The van der Waals surface area contributed by atoms with Gasteiger partial charge in [0.05, 0.1) is 17.7 Å². The van der Waals surface area contributed by atoms with E-state index >= 15 is 0 Å². The van der Waals surface area contributed by atoms with E-state index < -0.39 is 0 Å². The van der Waals surface area contributed by atoms with Crippen molar-refractivity contribution in [3.8, 4) is 5.75 Å². The second-order valence-corrected chi connectivity index (χ2v) is 5.50. The number of aromatic nitrogens is 2. The Morgan fingerprint density at radius 2 is 1.76 bits per heavy atom. The van der Waals surface area contributed by atoms with Crippen LogP contribution < -0.4 is 15.4 Å². The summed E-state index contributed by atoms with van der Waals surface area (Å²) < 4.78 is 5.08. The van der Waals surface area contributed by atoms with Gasteiger partial charge in [-0.15, -0.1) is 0 Å². The Bertz CT molecular complexity index is 870. The average molecular weight is 355 g/mol. The molecule has 1 heterocycles. The highest BCUT2D eigenvalue weighted by Crippen LogP contribution is 2.27. The predicted octanol–water partition coefficient (Wildman–Crippen LogP) is 4.13. The first-order valence-corrected chi connectivity index (χ1v) is 7.82. The minimum absolute atomic E-state index is 0.326. The molecule has 25 heavy (non-hydrogen) atoms. The molecule has 1 aromatic heterocycles. The van der Waals surface area contributed by atoms with Crippen molar-refractivity contribution < 1.29 is 9.53 Å². The number of methoxy groups -OCH3 is 1. The number of ether oxygens (including phenoxy) is 1. The average Bonchev–Trinajstić information content (AvgIpc) is 2.63. The molecule has 2 N–H and O–H groups in total. The molecule has 2 aromatic carbocycles. The minimum Gasteiger partial charge on any atom is -0.495 e. The first kappa shape index (κ1) is 16.7. The molecule has 0 saturated heterocycles. The molecule has 0 saturated carbocycles. The van der Waals surface area contributed by atoms with Crippen LogP contribution in [0, 0.1) is 0 Å². The number of anilines is 3. The molecule has 7 heteroatoms. The van der Waals surface area contributed by atoms with Gasteiger partial charge in [-0.1, -0.05) is 29.8 Å². The Morgan fingerprint density at radius 1 is 1.04 bits per heavy atom. The highest BCUT2D eigenvalue weighted by atomic mass is 35.5. The molecule has 0 unspecified atom stereocenters. The Morgan fingerprint density at radius 3 is 2.40 bits per heavy atom. The van der Waals surface area contributed by atoms with Gasteiger partial charge >= 0.3 is 0 Å². The van der Waals surface area contributed by atoms with Crippen LogP contribution in [0.25, 0.3) is 0 Å². The summed E-state index contributed by atoms with van der Waals surface area (Å²) in [5, 5.41) is 6.21. The molecule has 3 aromatic rings. The molecule has 0 aliphatic carbocycles. The van der Waals surface area contributed by atoms with Gasteiger partial charge in [0.25, 0.3) is 5.91 Å². The van der Waals surface area contributed by atoms with E-state index in [0.717, 1.165) is 5.69 Å². The van der Waals surface area contributed by atoms with Crippen molar-refractivity contribution >= 4 is 34.8 Å². The zero-order valence-corrected chi connectivity index (χ0v) is 14.1. The van der Waals surface area contributed by atoms with E-state index in [-0.39, 0.29) is 5.91 Å². The van der Waals surface area contributed by atoms with Gasteiger partial charge in [0, 0.05) is 23.8 Å². The van der Waals surface area contributed by atoms with Crippen LogP contribution in [-0.4, -0.2) is 23.0 Å². The van der Waals surface area contributed by atoms with Gasteiger partial charge in [-0.3, -0.25) is 4.79 Å². The maximum absolute atomic E-state index is 12.3. The zero-order chi connectivity index (χ0) is 17.6. The van der Waals surface area contributed by atoms with Crippen LogP contribution in [-0.2, 0) is 0 Å². The van der Waals surface area contributed by atoms with Crippen molar-refractivity contribution in [3.63, 3.8) is 0 Å². The van der Waals surface area contributed by atoms with E-state index in [4.69, 9.17) is 16.3 Å². The van der Waals surface area contributed by atoms with Crippen LogP contribution in [0.1, 0.15) is 10.4 Å². The van der Waals surface area contributed by atoms with Gasteiger partial charge in [-0.25, -0.2) is 9.97 Å². The number of hydrogen-bond donors (Lipinski definition) is 2. The van der Waals surface area contributed by atoms with Crippen LogP contribution in [0.3, 0.4) is 0 Å². The Labute approximate surface area is 149 Å². The number of rotatable bonds is 5. The summed E-state index contributed by atoms with van der Waals surface area (Å²) in [6, 6.07) is 14.5. The van der Waals surface area contributed by atoms with Crippen molar-refractivity contribution in [2.45, 2.75) is 0 Å². The number of carbonyl (C=O) groups excluding carboxylic acids is 1. The fourth-order valence-corrected chi connectivity index (χ4v) is 2.37. The Hall–Kier alpha value is -3.12. The molecular formula is C18H15ClN4O2. The van der Waals surface area contributed by atoms with E-state index in [2.05, 4.69) is 20.6 Å². The van der Waals surface area contributed by atoms with Gasteiger partial charge in [-0.2, -0.15) is 0 Å². The molecule has 0 radical (unpaired) electrons.